The van der Waals surface area contributed by atoms with Crippen LogP contribution in [0.2, 0.25) is 0 Å². The number of hydrogen-bond donors (Lipinski definition) is 1. The van der Waals surface area contributed by atoms with Crippen LogP contribution in [0.1, 0.15) is 32.3 Å². The highest BCUT2D eigenvalue weighted by atomic mass is 14.9. The number of allylic oxidation sites excluding steroid dienone is 2. The third kappa shape index (κ3) is 3.32. The van der Waals surface area contributed by atoms with E-state index < -0.39 is 0 Å². The van der Waals surface area contributed by atoms with Crippen LogP contribution >= 0.6 is 0 Å². The maximum absolute atomic E-state index is 4.17. The molecular weight excluding hydrogens is 208 g/mol. The van der Waals surface area contributed by atoms with Gasteiger partial charge in [-0.1, -0.05) is 18.6 Å². The molecule has 0 saturated carbocycles. The number of pyridine rings is 1. The summed E-state index contributed by atoms with van der Waals surface area (Å²) in [5, 5.41) is 3.53. The molecule has 1 heterocycles. The molecule has 2 nitrogen and oxygen atoms in total. The van der Waals surface area contributed by atoms with Crippen LogP contribution in [0.15, 0.2) is 30.1 Å². The van der Waals surface area contributed by atoms with Crippen molar-refractivity contribution in [1.29, 1.82) is 0 Å². The number of nitrogens with zero attached hydrogens (tertiary/aromatic N) is 1. The zero-order chi connectivity index (χ0) is 12.3. The van der Waals surface area contributed by atoms with E-state index in [0.717, 1.165) is 18.4 Å². The van der Waals surface area contributed by atoms with Crippen LogP contribution in [0.3, 0.4) is 0 Å². The second kappa shape index (κ2) is 5.35. The minimum Gasteiger partial charge on any atom is -0.383 e. The largest absolute Gasteiger partial charge is 0.383 e. The third-order valence-electron chi connectivity index (χ3n) is 3.51. The van der Waals surface area contributed by atoms with Crippen molar-refractivity contribution in [2.45, 2.75) is 33.6 Å². The first kappa shape index (κ1) is 12.2. The molecule has 0 bridgehead atoms. The quantitative estimate of drug-likeness (QED) is 0.799. The average molecular weight is 230 g/mol. The van der Waals surface area contributed by atoms with Crippen LogP contribution in [0.5, 0.6) is 0 Å². The van der Waals surface area contributed by atoms with E-state index in [4.69, 9.17) is 0 Å². The Hall–Kier alpha value is -1.31. The molecular formula is C15H22N2. The molecule has 1 aliphatic carbocycles. The fraction of sp³-hybridized carbons (Fsp3) is 0.533. The van der Waals surface area contributed by atoms with E-state index in [1.54, 1.807) is 5.57 Å². The zero-order valence-corrected chi connectivity index (χ0v) is 11.0. The van der Waals surface area contributed by atoms with Gasteiger partial charge >= 0.3 is 0 Å². The highest BCUT2D eigenvalue weighted by Crippen LogP contribution is 2.28. The molecule has 0 saturated heterocycles. The van der Waals surface area contributed by atoms with Crippen LogP contribution in [-0.4, -0.2) is 11.5 Å². The molecule has 1 aliphatic rings. The summed E-state index contributed by atoms with van der Waals surface area (Å²) < 4.78 is 0. The normalized spacial score (nSPS) is 24.3. The Balaban J connectivity index is 1.91. The minimum absolute atomic E-state index is 0.727. The van der Waals surface area contributed by atoms with Gasteiger partial charge in [-0.15, -0.1) is 0 Å². The van der Waals surface area contributed by atoms with Gasteiger partial charge in [-0.05, 0) is 50.2 Å². The van der Waals surface area contributed by atoms with Crippen LogP contribution in [-0.2, 0) is 0 Å². The monoisotopic (exact) mass is 230 g/mol. The highest BCUT2D eigenvalue weighted by molar-refractivity contribution is 5.47. The van der Waals surface area contributed by atoms with E-state index >= 15 is 0 Å². The number of nitrogens with one attached hydrogen (secondary N) is 1. The summed E-state index contributed by atoms with van der Waals surface area (Å²) >= 11 is 0. The summed E-state index contributed by atoms with van der Waals surface area (Å²) in [6, 6.07) is 2.05. The molecule has 1 aromatic rings. The molecule has 92 valence electrons. The smallest absolute Gasteiger partial charge is 0.0556 e. The van der Waals surface area contributed by atoms with Crippen molar-refractivity contribution in [2.75, 3.05) is 11.9 Å². The molecule has 2 unspecified atom stereocenters. The molecule has 1 aromatic heterocycles. The van der Waals surface area contributed by atoms with E-state index in [9.17, 15) is 0 Å². The minimum atomic E-state index is 0.727. The van der Waals surface area contributed by atoms with E-state index in [1.165, 1.54) is 24.1 Å². The van der Waals surface area contributed by atoms with Gasteiger partial charge in [0.1, 0.15) is 0 Å². The lowest BCUT2D eigenvalue weighted by Gasteiger charge is -2.26. The second-order valence-corrected chi connectivity index (χ2v) is 5.37. The fourth-order valence-electron chi connectivity index (χ4n) is 2.75. The van der Waals surface area contributed by atoms with Gasteiger partial charge in [-0.3, -0.25) is 4.98 Å². The van der Waals surface area contributed by atoms with Crippen molar-refractivity contribution < 1.29 is 0 Å². The molecule has 2 atom stereocenters. The number of hydrogen-bond acceptors (Lipinski definition) is 2. The first-order valence-electron chi connectivity index (χ1n) is 6.47. The Morgan fingerprint density at radius 3 is 2.94 bits per heavy atom. The summed E-state index contributed by atoms with van der Waals surface area (Å²) in [6.45, 7) is 7.74. The number of aromatic nitrogens is 1. The van der Waals surface area contributed by atoms with Crippen molar-refractivity contribution in [3.8, 4) is 0 Å². The Kier molecular flexibility index (Phi) is 3.82. The average Bonchev–Trinajstić information content (AvgIpc) is 2.27. The summed E-state index contributed by atoms with van der Waals surface area (Å²) in [5.74, 6) is 1.49. The van der Waals surface area contributed by atoms with Crippen molar-refractivity contribution in [3.63, 3.8) is 0 Å². The maximum Gasteiger partial charge on any atom is 0.0556 e. The van der Waals surface area contributed by atoms with E-state index in [1.807, 2.05) is 12.4 Å². The molecule has 1 N–H and O–H groups in total. The molecule has 0 spiro atoms. The Bertz CT molecular complexity index is 409. The van der Waals surface area contributed by atoms with E-state index in [0.29, 0.717) is 0 Å². The predicted molar refractivity (Wildman–Crippen MR) is 73.1 cm³/mol. The van der Waals surface area contributed by atoms with Crippen molar-refractivity contribution in [2.24, 2.45) is 11.8 Å². The highest BCUT2D eigenvalue weighted by Gasteiger charge is 2.17. The van der Waals surface area contributed by atoms with Gasteiger partial charge in [-0.25, -0.2) is 0 Å². The summed E-state index contributed by atoms with van der Waals surface area (Å²) in [6.07, 6.45) is 8.70. The SMILES string of the molecule is CC1=CC(C)CC(CNc2cnccc2C)C1. The van der Waals surface area contributed by atoms with Gasteiger partial charge in [0.25, 0.3) is 0 Å². The van der Waals surface area contributed by atoms with E-state index in [2.05, 4.69) is 43.2 Å². The molecule has 2 heteroatoms. The first-order chi connectivity index (χ1) is 8.15. The van der Waals surface area contributed by atoms with Gasteiger partial charge in [-0.2, -0.15) is 0 Å². The molecule has 17 heavy (non-hydrogen) atoms. The lowest BCUT2D eigenvalue weighted by molar-refractivity contribution is 0.421. The standard InChI is InChI=1S/C15H22N2/c1-11-6-12(2)8-14(7-11)9-17-15-10-16-5-4-13(15)3/h4-6,10-11,14,17H,7-9H2,1-3H3. The van der Waals surface area contributed by atoms with E-state index in [-0.39, 0.29) is 0 Å². The lowest BCUT2D eigenvalue weighted by atomic mass is 9.84. The van der Waals surface area contributed by atoms with Gasteiger partial charge in [0.05, 0.1) is 11.9 Å². The molecule has 0 fully saturated rings. The second-order valence-electron chi connectivity index (χ2n) is 5.37. The Morgan fingerprint density at radius 1 is 1.41 bits per heavy atom. The lowest BCUT2D eigenvalue weighted by Crippen LogP contribution is -2.20. The van der Waals surface area contributed by atoms with Crippen LogP contribution in [0.25, 0.3) is 0 Å². The number of aryl methyl sites for hydroxylation is 1. The molecule has 0 amide bonds. The maximum atomic E-state index is 4.17. The number of rotatable bonds is 3. The van der Waals surface area contributed by atoms with Crippen molar-refractivity contribution in [1.82, 2.24) is 4.98 Å². The number of anilines is 1. The predicted octanol–water partition coefficient (Wildman–Crippen LogP) is 3.79. The van der Waals surface area contributed by atoms with Crippen LogP contribution in [0, 0.1) is 18.8 Å². The first-order valence-corrected chi connectivity index (χ1v) is 6.47. The van der Waals surface area contributed by atoms with Gasteiger partial charge in [0, 0.05) is 12.7 Å². The molecule has 0 radical (unpaired) electrons. The van der Waals surface area contributed by atoms with Gasteiger partial charge < -0.3 is 5.32 Å². The molecule has 0 aromatic carbocycles. The van der Waals surface area contributed by atoms with Gasteiger partial charge in [0.2, 0.25) is 0 Å². The summed E-state index contributed by atoms with van der Waals surface area (Å²) in [7, 11) is 0. The van der Waals surface area contributed by atoms with Crippen molar-refractivity contribution >= 4 is 5.69 Å². The van der Waals surface area contributed by atoms with Gasteiger partial charge in [0.15, 0.2) is 0 Å². The third-order valence-corrected chi connectivity index (χ3v) is 3.51. The van der Waals surface area contributed by atoms with Crippen molar-refractivity contribution in [3.05, 3.63) is 35.7 Å². The topological polar surface area (TPSA) is 24.9 Å². The summed E-state index contributed by atoms with van der Waals surface area (Å²) in [5.41, 5.74) is 3.99. The fourth-order valence-corrected chi connectivity index (χ4v) is 2.75. The Labute approximate surface area is 104 Å². The zero-order valence-electron chi connectivity index (χ0n) is 11.0. The van der Waals surface area contributed by atoms with Crippen LogP contribution < -0.4 is 5.32 Å². The molecule has 0 aliphatic heterocycles. The molecule has 2 rings (SSSR count). The Morgan fingerprint density at radius 2 is 2.24 bits per heavy atom. The van der Waals surface area contributed by atoms with Crippen LogP contribution in [0.4, 0.5) is 5.69 Å². The summed E-state index contributed by atoms with van der Waals surface area (Å²) in [4.78, 5) is 4.17.